The molecule has 0 spiro atoms. The Morgan fingerprint density at radius 3 is 2.67 bits per heavy atom. The summed E-state index contributed by atoms with van der Waals surface area (Å²) in [7, 11) is 0. The molecule has 116 valence electrons. The Morgan fingerprint density at radius 2 is 1.83 bits per heavy atom. The summed E-state index contributed by atoms with van der Waals surface area (Å²) < 4.78 is 1.60. The van der Waals surface area contributed by atoms with Crippen LogP contribution < -0.4 is 5.32 Å². The van der Waals surface area contributed by atoms with Gasteiger partial charge in [-0.1, -0.05) is 30.3 Å². The van der Waals surface area contributed by atoms with Crippen LogP contribution in [-0.2, 0) is 0 Å². The van der Waals surface area contributed by atoms with E-state index in [9.17, 15) is 4.79 Å². The molecule has 1 N–H and O–H groups in total. The number of amides is 1. The molecule has 0 atom stereocenters. The molecule has 0 bridgehead atoms. The maximum Gasteiger partial charge on any atom is 0.256 e. The first-order chi connectivity index (χ1) is 11.8. The second kappa shape index (κ2) is 5.92. The Balaban J connectivity index is 1.60. The highest BCUT2D eigenvalue weighted by molar-refractivity contribution is 6.06. The molecular weight excluding hydrogens is 302 g/mol. The molecule has 2 aromatic heterocycles. The average Bonchev–Trinajstić information content (AvgIpc) is 3.16. The highest BCUT2D eigenvalue weighted by atomic mass is 16.1. The quantitative estimate of drug-likeness (QED) is 0.630. The van der Waals surface area contributed by atoms with Crippen LogP contribution in [0.25, 0.3) is 16.6 Å². The lowest BCUT2D eigenvalue weighted by molar-refractivity contribution is 0.102. The minimum atomic E-state index is -0.217. The van der Waals surface area contributed by atoms with Gasteiger partial charge in [-0.2, -0.15) is 5.10 Å². The number of aromatic nitrogens is 4. The fraction of sp³-hybridized carbons (Fsp3) is 0. The van der Waals surface area contributed by atoms with Gasteiger partial charge in [0.25, 0.3) is 5.91 Å². The van der Waals surface area contributed by atoms with Crippen LogP contribution in [0.15, 0.2) is 73.3 Å². The van der Waals surface area contributed by atoms with Crippen molar-refractivity contribution in [1.82, 2.24) is 19.7 Å². The Kier molecular flexibility index (Phi) is 3.47. The summed E-state index contributed by atoms with van der Waals surface area (Å²) in [5, 5.41) is 9.02. The molecule has 0 unspecified atom stereocenters. The first kappa shape index (κ1) is 14.1. The minimum absolute atomic E-state index is 0.217. The van der Waals surface area contributed by atoms with E-state index in [1.165, 1.54) is 6.33 Å². The third-order valence-electron chi connectivity index (χ3n) is 3.65. The van der Waals surface area contributed by atoms with Crippen molar-refractivity contribution < 1.29 is 4.79 Å². The Labute approximate surface area is 137 Å². The van der Waals surface area contributed by atoms with E-state index < -0.39 is 0 Å². The summed E-state index contributed by atoms with van der Waals surface area (Å²) in [5.74, 6) is 0.795. The zero-order chi connectivity index (χ0) is 16.4. The lowest BCUT2D eigenvalue weighted by Crippen LogP contribution is -2.13. The van der Waals surface area contributed by atoms with E-state index in [1.807, 2.05) is 36.4 Å². The predicted octanol–water partition coefficient (Wildman–Crippen LogP) is 3.07. The first-order valence-electron chi connectivity index (χ1n) is 7.42. The molecule has 4 aromatic rings. The van der Waals surface area contributed by atoms with Gasteiger partial charge in [0.15, 0.2) is 5.82 Å². The van der Waals surface area contributed by atoms with Crippen molar-refractivity contribution >= 4 is 22.5 Å². The van der Waals surface area contributed by atoms with E-state index in [4.69, 9.17) is 0 Å². The topological polar surface area (TPSA) is 72.7 Å². The molecule has 6 heteroatoms. The van der Waals surface area contributed by atoms with E-state index in [0.717, 1.165) is 10.8 Å². The molecule has 1 amide bonds. The zero-order valence-electron chi connectivity index (χ0n) is 12.6. The zero-order valence-corrected chi connectivity index (χ0v) is 12.6. The number of anilines is 1. The van der Waals surface area contributed by atoms with Gasteiger partial charge < -0.3 is 5.32 Å². The van der Waals surface area contributed by atoms with E-state index in [0.29, 0.717) is 17.2 Å². The van der Waals surface area contributed by atoms with Gasteiger partial charge in [0.05, 0.1) is 0 Å². The summed E-state index contributed by atoms with van der Waals surface area (Å²) in [6.07, 6.45) is 4.83. The third-order valence-corrected chi connectivity index (χ3v) is 3.65. The lowest BCUT2D eigenvalue weighted by atomic mass is 10.1. The van der Waals surface area contributed by atoms with Gasteiger partial charge in [-0.15, -0.1) is 0 Å². The number of rotatable bonds is 3. The minimum Gasteiger partial charge on any atom is -0.306 e. The van der Waals surface area contributed by atoms with Crippen LogP contribution in [0.5, 0.6) is 0 Å². The molecule has 6 nitrogen and oxygen atoms in total. The fourth-order valence-corrected chi connectivity index (χ4v) is 2.46. The van der Waals surface area contributed by atoms with Crippen molar-refractivity contribution in [3.05, 3.63) is 78.9 Å². The number of carbonyl (C=O) groups excluding carboxylic acids is 1. The van der Waals surface area contributed by atoms with Crippen molar-refractivity contribution in [3.63, 3.8) is 0 Å². The van der Waals surface area contributed by atoms with E-state index >= 15 is 0 Å². The monoisotopic (exact) mass is 315 g/mol. The second-order valence-corrected chi connectivity index (χ2v) is 5.23. The molecule has 2 aromatic carbocycles. The summed E-state index contributed by atoms with van der Waals surface area (Å²) in [5.41, 5.74) is 0.577. The van der Waals surface area contributed by atoms with Crippen LogP contribution in [-0.4, -0.2) is 25.7 Å². The highest BCUT2D eigenvalue weighted by Gasteiger charge is 2.09. The molecule has 0 aliphatic heterocycles. The molecule has 2 heterocycles. The van der Waals surface area contributed by atoms with E-state index in [2.05, 4.69) is 20.4 Å². The summed E-state index contributed by atoms with van der Waals surface area (Å²) in [6.45, 7) is 0. The number of benzene rings is 2. The second-order valence-electron chi connectivity index (χ2n) is 5.23. The molecule has 24 heavy (non-hydrogen) atoms. The van der Waals surface area contributed by atoms with Crippen molar-refractivity contribution in [2.45, 2.75) is 0 Å². The smallest absolute Gasteiger partial charge is 0.256 e. The molecule has 0 radical (unpaired) electrons. The van der Waals surface area contributed by atoms with Crippen molar-refractivity contribution in [2.75, 3.05) is 5.32 Å². The van der Waals surface area contributed by atoms with Crippen molar-refractivity contribution in [2.24, 2.45) is 0 Å². The van der Waals surface area contributed by atoms with Crippen LogP contribution in [0.2, 0.25) is 0 Å². The molecule has 0 aliphatic carbocycles. The van der Waals surface area contributed by atoms with Gasteiger partial charge in [-0.05, 0) is 29.0 Å². The van der Waals surface area contributed by atoms with Gasteiger partial charge in [0.2, 0.25) is 0 Å². The molecule has 4 rings (SSSR count). The number of fused-ring (bicyclic) bond motifs is 1. The van der Waals surface area contributed by atoms with Crippen LogP contribution >= 0.6 is 0 Å². The van der Waals surface area contributed by atoms with Crippen LogP contribution in [0.3, 0.4) is 0 Å². The SMILES string of the molecule is O=C(Nc1cc(-n2cccn2)ncn1)c1ccc2ccccc2c1. The number of nitrogens with zero attached hydrogens (tertiary/aromatic N) is 4. The molecular formula is C18H13N5O. The summed E-state index contributed by atoms with van der Waals surface area (Å²) in [6, 6.07) is 17.0. The fourth-order valence-electron chi connectivity index (χ4n) is 2.46. The first-order valence-corrected chi connectivity index (χ1v) is 7.42. The average molecular weight is 315 g/mol. The van der Waals surface area contributed by atoms with Gasteiger partial charge >= 0.3 is 0 Å². The largest absolute Gasteiger partial charge is 0.306 e. The maximum atomic E-state index is 12.5. The number of nitrogens with one attached hydrogen (secondary N) is 1. The highest BCUT2D eigenvalue weighted by Crippen LogP contribution is 2.17. The molecule has 0 saturated carbocycles. The molecule has 0 aliphatic rings. The Bertz CT molecular complexity index is 1010. The van der Waals surface area contributed by atoms with E-state index in [-0.39, 0.29) is 5.91 Å². The van der Waals surface area contributed by atoms with Gasteiger partial charge in [0.1, 0.15) is 12.1 Å². The van der Waals surface area contributed by atoms with Gasteiger partial charge in [-0.25, -0.2) is 14.6 Å². The Morgan fingerprint density at radius 1 is 0.958 bits per heavy atom. The normalized spacial score (nSPS) is 10.7. The third kappa shape index (κ3) is 2.72. The van der Waals surface area contributed by atoms with Gasteiger partial charge in [0, 0.05) is 24.0 Å². The van der Waals surface area contributed by atoms with Gasteiger partial charge in [-0.3, -0.25) is 4.79 Å². The van der Waals surface area contributed by atoms with Crippen LogP contribution in [0, 0.1) is 0 Å². The molecule has 0 saturated heterocycles. The lowest BCUT2D eigenvalue weighted by Gasteiger charge is -2.07. The Hall–Kier alpha value is -3.54. The standard InChI is InChI=1S/C18H13N5O/c24-18(15-7-6-13-4-1-2-5-14(13)10-15)22-16-11-17(20-12-19-16)23-9-3-8-21-23/h1-12H,(H,19,20,22,24). The van der Waals surface area contributed by atoms with Crippen LogP contribution in [0.4, 0.5) is 5.82 Å². The number of carbonyl (C=O) groups is 1. The maximum absolute atomic E-state index is 12.5. The number of hydrogen-bond donors (Lipinski definition) is 1. The van der Waals surface area contributed by atoms with Crippen LogP contribution in [0.1, 0.15) is 10.4 Å². The van der Waals surface area contributed by atoms with E-state index in [1.54, 1.807) is 35.3 Å². The number of hydrogen-bond acceptors (Lipinski definition) is 4. The summed E-state index contributed by atoms with van der Waals surface area (Å²) >= 11 is 0. The van der Waals surface area contributed by atoms with Crippen molar-refractivity contribution in [1.29, 1.82) is 0 Å². The van der Waals surface area contributed by atoms with Crippen molar-refractivity contribution in [3.8, 4) is 5.82 Å². The summed E-state index contributed by atoms with van der Waals surface area (Å²) in [4.78, 5) is 20.7. The molecule has 0 fully saturated rings. The predicted molar refractivity (Wildman–Crippen MR) is 91.1 cm³/mol.